The van der Waals surface area contributed by atoms with Crippen LogP contribution in [0.1, 0.15) is 54.6 Å². The normalized spacial score (nSPS) is 15.2. The molecule has 1 atom stereocenters. The van der Waals surface area contributed by atoms with Gasteiger partial charge in [0.05, 0.1) is 0 Å². The number of rotatable bonds is 7. The molecule has 1 heterocycles. The minimum atomic E-state index is -0.615. The van der Waals surface area contributed by atoms with E-state index in [1.165, 1.54) is 5.57 Å². The van der Waals surface area contributed by atoms with Crippen molar-refractivity contribution in [2.75, 3.05) is 7.05 Å². The minimum Gasteiger partial charge on any atom is -0.357 e. The van der Waals surface area contributed by atoms with Crippen molar-refractivity contribution in [3.8, 4) is 0 Å². The highest BCUT2D eigenvalue weighted by molar-refractivity contribution is 6.01. The van der Waals surface area contributed by atoms with Crippen molar-refractivity contribution >= 4 is 23.7 Å². The number of nitrogens with one attached hydrogen (secondary N) is 1. The third-order valence-electron chi connectivity index (χ3n) is 4.39. The number of benzene rings is 1. The predicted octanol–water partition coefficient (Wildman–Crippen LogP) is 2.55. The minimum absolute atomic E-state index is 0.145. The molecule has 0 spiro atoms. The van der Waals surface area contributed by atoms with Crippen LogP contribution < -0.4 is 5.32 Å². The van der Waals surface area contributed by atoms with Crippen LogP contribution in [0, 0.1) is 0 Å². The molecule has 1 aliphatic heterocycles. The summed E-state index contributed by atoms with van der Waals surface area (Å²) in [6.07, 6.45) is 4.47. The SMILES string of the molecule is CC/C=C(\C)c1ccc2c(c1)CN(C(CCC=O)C(=O)NC)C2=O. The molecular formula is C19H24N2O3. The van der Waals surface area contributed by atoms with Crippen LogP contribution in [-0.4, -0.2) is 36.1 Å². The van der Waals surface area contributed by atoms with E-state index in [0.717, 1.165) is 23.8 Å². The third kappa shape index (κ3) is 3.55. The molecule has 0 saturated heterocycles. The van der Waals surface area contributed by atoms with E-state index >= 15 is 0 Å². The highest BCUT2D eigenvalue weighted by Gasteiger charge is 2.35. The summed E-state index contributed by atoms with van der Waals surface area (Å²) < 4.78 is 0. The molecule has 0 bridgehead atoms. The number of likely N-dealkylation sites (N-methyl/N-ethyl adjacent to an activating group) is 1. The van der Waals surface area contributed by atoms with Crippen LogP contribution in [-0.2, 0) is 16.1 Å². The number of fused-ring (bicyclic) bond motifs is 1. The van der Waals surface area contributed by atoms with Crippen molar-refractivity contribution in [3.05, 3.63) is 41.0 Å². The molecule has 24 heavy (non-hydrogen) atoms. The average Bonchev–Trinajstić information content (AvgIpc) is 2.91. The summed E-state index contributed by atoms with van der Waals surface area (Å²) in [5, 5.41) is 2.59. The van der Waals surface area contributed by atoms with E-state index in [1.54, 1.807) is 11.9 Å². The van der Waals surface area contributed by atoms with Crippen molar-refractivity contribution in [2.24, 2.45) is 0 Å². The summed E-state index contributed by atoms with van der Waals surface area (Å²) in [5.41, 5.74) is 3.84. The molecule has 1 unspecified atom stereocenters. The highest BCUT2D eigenvalue weighted by Crippen LogP contribution is 2.29. The predicted molar refractivity (Wildman–Crippen MR) is 93.4 cm³/mol. The number of hydrogen-bond acceptors (Lipinski definition) is 3. The van der Waals surface area contributed by atoms with Crippen LogP contribution in [0.25, 0.3) is 5.57 Å². The second-order valence-electron chi connectivity index (χ2n) is 5.97. The van der Waals surface area contributed by atoms with Crippen LogP contribution in [0.5, 0.6) is 0 Å². The molecule has 0 fully saturated rings. The Morgan fingerprint density at radius 2 is 2.17 bits per heavy atom. The lowest BCUT2D eigenvalue weighted by Gasteiger charge is -2.25. The molecule has 5 nitrogen and oxygen atoms in total. The first-order valence-electron chi connectivity index (χ1n) is 8.29. The highest BCUT2D eigenvalue weighted by atomic mass is 16.2. The average molecular weight is 328 g/mol. The number of carbonyl (C=O) groups excluding carboxylic acids is 3. The van der Waals surface area contributed by atoms with Gasteiger partial charge in [-0.1, -0.05) is 19.1 Å². The van der Waals surface area contributed by atoms with Crippen molar-refractivity contribution < 1.29 is 14.4 Å². The van der Waals surface area contributed by atoms with Crippen molar-refractivity contribution in [3.63, 3.8) is 0 Å². The second-order valence-corrected chi connectivity index (χ2v) is 5.97. The second kappa shape index (κ2) is 7.90. The molecular weight excluding hydrogens is 304 g/mol. The van der Waals surface area contributed by atoms with E-state index in [2.05, 4.69) is 25.2 Å². The number of amides is 2. The summed E-state index contributed by atoms with van der Waals surface area (Å²) in [4.78, 5) is 37.0. The zero-order valence-corrected chi connectivity index (χ0v) is 14.5. The van der Waals surface area contributed by atoms with Gasteiger partial charge in [-0.05, 0) is 48.6 Å². The molecule has 5 heteroatoms. The Bertz CT molecular complexity index is 679. The summed E-state index contributed by atoms with van der Waals surface area (Å²) in [5.74, 6) is -0.381. The fourth-order valence-electron chi connectivity index (χ4n) is 3.09. The number of aldehydes is 1. The van der Waals surface area contributed by atoms with Gasteiger partial charge in [0, 0.05) is 25.6 Å². The van der Waals surface area contributed by atoms with Crippen molar-refractivity contribution in [1.82, 2.24) is 10.2 Å². The number of carbonyl (C=O) groups is 3. The molecule has 0 aliphatic carbocycles. The van der Waals surface area contributed by atoms with E-state index in [9.17, 15) is 14.4 Å². The van der Waals surface area contributed by atoms with Gasteiger partial charge in [-0.2, -0.15) is 0 Å². The summed E-state index contributed by atoms with van der Waals surface area (Å²) >= 11 is 0. The Kier molecular flexibility index (Phi) is 5.90. The van der Waals surface area contributed by atoms with Gasteiger partial charge in [0.25, 0.3) is 5.91 Å². The maximum absolute atomic E-state index is 12.7. The molecule has 0 aromatic heterocycles. The molecule has 1 aliphatic rings. The van der Waals surface area contributed by atoms with E-state index in [0.29, 0.717) is 18.5 Å². The van der Waals surface area contributed by atoms with Crippen LogP contribution in [0.4, 0.5) is 0 Å². The van der Waals surface area contributed by atoms with Crippen LogP contribution in [0.3, 0.4) is 0 Å². The quantitative estimate of drug-likeness (QED) is 0.782. The van der Waals surface area contributed by atoms with Gasteiger partial charge in [0.1, 0.15) is 12.3 Å². The standard InChI is InChI=1S/C19H24N2O3/c1-4-6-13(2)14-8-9-16-15(11-14)12-21(19(16)24)17(7-5-10-22)18(23)20-3/h6,8-11,17H,4-5,7,12H2,1-3H3,(H,20,23)/b13-6+. The number of allylic oxidation sites excluding steroid dienone is 2. The maximum atomic E-state index is 12.7. The molecule has 2 amide bonds. The molecule has 1 aromatic carbocycles. The van der Waals surface area contributed by atoms with Gasteiger partial charge in [0.2, 0.25) is 5.91 Å². The summed E-state index contributed by atoms with van der Waals surface area (Å²) in [7, 11) is 1.54. The maximum Gasteiger partial charge on any atom is 0.255 e. The Labute approximate surface area is 142 Å². The van der Waals surface area contributed by atoms with E-state index in [4.69, 9.17) is 0 Å². The smallest absolute Gasteiger partial charge is 0.255 e. The summed E-state index contributed by atoms with van der Waals surface area (Å²) in [6.45, 7) is 4.54. The fourth-order valence-corrected chi connectivity index (χ4v) is 3.09. The van der Waals surface area contributed by atoms with Gasteiger partial charge in [-0.15, -0.1) is 0 Å². The summed E-state index contributed by atoms with van der Waals surface area (Å²) in [6, 6.07) is 5.19. The molecule has 0 radical (unpaired) electrons. The zero-order valence-electron chi connectivity index (χ0n) is 14.5. The first-order valence-corrected chi connectivity index (χ1v) is 8.29. The first-order chi connectivity index (χ1) is 11.5. The van der Waals surface area contributed by atoms with E-state index in [-0.39, 0.29) is 18.2 Å². The molecule has 128 valence electrons. The monoisotopic (exact) mass is 328 g/mol. The molecule has 1 aromatic rings. The lowest BCUT2D eigenvalue weighted by Crippen LogP contribution is -2.46. The number of nitrogens with zero attached hydrogens (tertiary/aromatic N) is 1. The fraction of sp³-hybridized carbons (Fsp3) is 0.421. The lowest BCUT2D eigenvalue weighted by molar-refractivity contribution is -0.125. The van der Waals surface area contributed by atoms with Crippen LogP contribution >= 0.6 is 0 Å². The molecule has 1 N–H and O–H groups in total. The van der Waals surface area contributed by atoms with Gasteiger partial charge >= 0.3 is 0 Å². The van der Waals surface area contributed by atoms with Crippen LogP contribution in [0.15, 0.2) is 24.3 Å². The Morgan fingerprint density at radius 1 is 1.42 bits per heavy atom. The lowest BCUT2D eigenvalue weighted by atomic mass is 10.0. The zero-order chi connectivity index (χ0) is 17.7. The Balaban J connectivity index is 2.29. The van der Waals surface area contributed by atoms with Crippen LogP contribution in [0.2, 0.25) is 0 Å². The van der Waals surface area contributed by atoms with Gasteiger partial charge in [-0.25, -0.2) is 0 Å². The van der Waals surface area contributed by atoms with Gasteiger partial charge in [-0.3, -0.25) is 9.59 Å². The number of hydrogen-bond donors (Lipinski definition) is 1. The molecule has 0 saturated carbocycles. The van der Waals surface area contributed by atoms with E-state index < -0.39 is 6.04 Å². The van der Waals surface area contributed by atoms with E-state index in [1.807, 2.05) is 18.2 Å². The Morgan fingerprint density at radius 3 is 2.79 bits per heavy atom. The third-order valence-corrected chi connectivity index (χ3v) is 4.39. The first kappa shape index (κ1) is 17.9. The van der Waals surface area contributed by atoms with Crippen molar-refractivity contribution in [1.29, 1.82) is 0 Å². The Hall–Kier alpha value is -2.43. The van der Waals surface area contributed by atoms with Gasteiger partial charge in [0.15, 0.2) is 0 Å². The van der Waals surface area contributed by atoms with Crippen molar-refractivity contribution in [2.45, 2.75) is 45.7 Å². The topological polar surface area (TPSA) is 66.5 Å². The largest absolute Gasteiger partial charge is 0.357 e. The molecule has 2 rings (SSSR count). The van der Waals surface area contributed by atoms with Gasteiger partial charge < -0.3 is 15.0 Å².